The van der Waals surface area contributed by atoms with Crippen molar-refractivity contribution in [3.05, 3.63) is 55.4 Å². The fraction of sp³-hybridized carbons (Fsp3) is 0.458. The maximum absolute atomic E-state index is 13.7. The van der Waals surface area contributed by atoms with E-state index in [0.717, 1.165) is 54.7 Å². The van der Waals surface area contributed by atoms with E-state index in [1.165, 1.54) is 4.88 Å². The number of nitrogens with one attached hydrogen (secondary N) is 1. The molecule has 0 saturated heterocycles. The van der Waals surface area contributed by atoms with Gasteiger partial charge >= 0.3 is 0 Å². The van der Waals surface area contributed by atoms with Gasteiger partial charge in [0.15, 0.2) is 0 Å². The number of aryl methyl sites for hydroxylation is 3. The zero-order valence-electron chi connectivity index (χ0n) is 18.8. The lowest BCUT2D eigenvalue weighted by molar-refractivity contribution is -0.116. The summed E-state index contributed by atoms with van der Waals surface area (Å²) in [5, 5.41) is 4.26. The van der Waals surface area contributed by atoms with Crippen molar-refractivity contribution in [3.63, 3.8) is 0 Å². The van der Waals surface area contributed by atoms with Crippen LogP contribution in [0.15, 0.2) is 23.0 Å². The van der Waals surface area contributed by atoms with Crippen molar-refractivity contribution >= 4 is 44.7 Å². The molecule has 1 N–H and O–H groups in total. The number of benzene rings is 1. The molecule has 1 aromatic carbocycles. The van der Waals surface area contributed by atoms with Crippen molar-refractivity contribution in [1.82, 2.24) is 14.5 Å². The molecule has 0 radical (unpaired) electrons. The maximum Gasteiger partial charge on any atom is 0.263 e. The number of hydrogen-bond donors (Lipinski definition) is 1. The van der Waals surface area contributed by atoms with Gasteiger partial charge in [-0.05, 0) is 75.0 Å². The molecule has 4 rings (SSSR count). The van der Waals surface area contributed by atoms with Crippen LogP contribution in [0.3, 0.4) is 0 Å². The van der Waals surface area contributed by atoms with Gasteiger partial charge in [0.05, 0.1) is 11.9 Å². The summed E-state index contributed by atoms with van der Waals surface area (Å²) in [4.78, 5) is 35.8. The van der Waals surface area contributed by atoms with Gasteiger partial charge in [-0.25, -0.2) is 4.98 Å². The SMILES string of the molecule is CCN(CC)Cc1nc2sc3c(c2c(=O)n1CC(=O)Nc1ccc(Cl)cc1C)CCCC3. The lowest BCUT2D eigenvalue weighted by Crippen LogP contribution is -2.34. The highest BCUT2D eigenvalue weighted by Crippen LogP contribution is 2.34. The van der Waals surface area contributed by atoms with Crippen molar-refractivity contribution in [2.45, 2.75) is 59.5 Å². The summed E-state index contributed by atoms with van der Waals surface area (Å²) in [6, 6.07) is 5.33. The number of thiophene rings is 1. The molecule has 0 aliphatic heterocycles. The van der Waals surface area contributed by atoms with Gasteiger partial charge in [0.2, 0.25) is 5.91 Å². The molecule has 0 bridgehead atoms. The van der Waals surface area contributed by atoms with E-state index < -0.39 is 0 Å². The van der Waals surface area contributed by atoms with E-state index in [0.29, 0.717) is 28.5 Å². The van der Waals surface area contributed by atoms with Crippen LogP contribution < -0.4 is 10.9 Å². The molecule has 0 atom stereocenters. The summed E-state index contributed by atoms with van der Waals surface area (Å²) < 4.78 is 1.57. The van der Waals surface area contributed by atoms with E-state index in [2.05, 4.69) is 24.1 Å². The first-order valence-electron chi connectivity index (χ1n) is 11.2. The van der Waals surface area contributed by atoms with Crippen LogP contribution in [0.1, 0.15) is 48.5 Å². The minimum atomic E-state index is -0.247. The van der Waals surface area contributed by atoms with Crippen LogP contribution in [0.5, 0.6) is 0 Å². The Kier molecular flexibility index (Phi) is 6.98. The predicted molar refractivity (Wildman–Crippen MR) is 132 cm³/mol. The number of fused-ring (bicyclic) bond motifs is 3. The first-order chi connectivity index (χ1) is 15.4. The zero-order valence-corrected chi connectivity index (χ0v) is 20.4. The monoisotopic (exact) mass is 472 g/mol. The topological polar surface area (TPSA) is 67.2 Å². The van der Waals surface area contributed by atoms with Crippen LogP contribution in [0.2, 0.25) is 5.02 Å². The summed E-state index contributed by atoms with van der Waals surface area (Å²) in [6.45, 7) is 8.24. The number of hydrogen-bond acceptors (Lipinski definition) is 5. The number of aromatic nitrogens is 2. The second kappa shape index (κ2) is 9.73. The van der Waals surface area contributed by atoms with Crippen LogP contribution in [-0.4, -0.2) is 33.4 Å². The van der Waals surface area contributed by atoms with Gasteiger partial charge in [0.1, 0.15) is 17.2 Å². The fourth-order valence-corrected chi connectivity index (χ4v) is 5.81. The second-order valence-electron chi connectivity index (χ2n) is 8.28. The molecule has 3 aromatic rings. The maximum atomic E-state index is 13.7. The van der Waals surface area contributed by atoms with Gasteiger partial charge in [0.25, 0.3) is 5.56 Å². The van der Waals surface area contributed by atoms with Crippen molar-refractivity contribution in [2.75, 3.05) is 18.4 Å². The highest BCUT2D eigenvalue weighted by molar-refractivity contribution is 7.18. The number of halogens is 1. The second-order valence-corrected chi connectivity index (χ2v) is 9.80. The lowest BCUT2D eigenvalue weighted by Gasteiger charge is -2.20. The Morgan fingerprint density at radius 2 is 2.00 bits per heavy atom. The Balaban J connectivity index is 1.73. The third kappa shape index (κ3) is 4.60. The van der Waals surface area contributed by atoms with Crippen molar-refractivity contribution in [1.29, 1.82) is 0 Å². The first kappa shape index (κ1) is 23.0. The molecule has 6 nitrogen and oxygen atoms in total. The van der Waals surface area contributed by atoms with Gasteiger partial charge in [-0.2, -0.15) is 0 Å². The molecule has 32 heavy (non-hydrogen) atoms. The van der Waals surface area contributed by atoms with E-state index in [-0.39, 0.29) is 18.0 Å². The molecule has 170 valence electrons. The number of nitrogens with zero attached hydrogens (tertiary/aromatic N) is 3. The average Bonchev–Trinajstić information content (AvgIpc) is 3.15. The van der Waals surface area contributed by atoms with E-state index in [4.69, 9.17) is 16.6 Å². The molecule has 8 heteroatoms. The van der Waals surface area contributed by atoms with Crippen molar-refractivity contribution in [3.8, 4) is 0 Å². The van der Waals surface area contributed by atoms with Crippen molar-refractivity contribution in [2.24, 2.45) is 0 Å². The Morgan fingerprint density at radius 3 is 2.72 bits per heavy atom. The zero-order chi connectivity index (χ0) is 22.8. The molecule has 2 aromatic heterocycles. The molecule has 1 amide bonds. The molecule has 0 unspecified atom stereocenters. The largest absolute Gasteiger partial charge is 0.324 e. The third-order valence-corrected chi connectivity index (χ3v) is 7.60. The Morgan fingerprint density at radius 1 is 1.25 bits per heavy atom. The molecular formula is C24H29ClN4O2S. The molecule has 0 saturated carbocycles. The predicted octanol–water partition coefficient (Wildman–Crippen LogP) is 4.78. The molecule has 2 heterocycles. The van der Waals surface area contributed by atoms with Crippen LogP contribution in [-0.2, 0) is 30.7 Å². The van der Waals surface area contributed by atoms with Crippen LogP contribution >= 0.6 is 22.9 Å². The van der Waals surface area contributed by atoms with Crippen LogP contribution in [0.4, 0.5) is 5.69 Å². The van der Waals surface area contributed by atoms with Gasteiger partial charge < -0.3 is 5.32 Å². The highest BCUT2D eigenvalue weighted by Gasteiger charge is 2.23. The molecule has 0 spiro atoms. The van der Waals surface area contributed by atoms with E-state index in [1.54, 1.807) is 34.1 Å². The number of rotatable bonds is 7. The lowest BCUT2D eigenvalue weighted by atomic mass is 9.97. The summed E-state index contributed by atoms with van der Waals surface area (Å²) in [6.07, 6.45) is 4.17. The molecule has 1 aliphatic carbocycles. The summed E-state index contributed by atoms with van der Waals surface area (Å²) in [5.74, 6) is 0.399. The van der Waals surface area contributed by atoms with Crippen LogP contribution in [0.25, 0.3) is 10.2 Å². The summed E-state index contributed by atoms with van der Waals surface area (Å²) >= 11 is 7.68. The molecular weight excluding hydrogens is 444 g/mol. The third-order valence-electron chi connectivity index (χ3n) is 6.18. The average molecular weight is 473 g/mol. The first-order valence-corrected chi connectivity index (χ1v) is 12.4. The van der Waals surface area contributed by atoms with Gasteiger partial charge in [-0.3, -0.25) is 19.1 Å². The number of anilines is 1. The minimum Gasteiger partial charge on any atom is -0.324 e. The standard InChI is InChI=1S/C24H29ClN4O2S/c1-4-28(5-2)13-20-27-23-22(17-8-6-7-9-19(17)32-23)24(31)29(20)14-21(30)26-18-11-10-16(25)12-15(18)3/h10-12H,4-9,13-14H2,1-3H3,(H,26,30). The normalized spacial score (nSPS) is 13.5. The Bertz CT molecular complexity index is 1210. The van der Waals surface area contributed by atoms with E-state index in [1.807, 2.05) is 6.92 Å². The van der Waals surface area contributed by atoms with E-state index >= 15 is 0 Å². The molecule has 1 aliphatic rings. The Hall–Kier alpha value is -2.22. The number of amides is 1. The summed E-state index contributed by atoms with van der Waals surface area (Å²) in [7, 11) is 0. The number of carbonyl (C=O) groups excluding carboxylic acids is 1. The van der Waals surface area contributed by atoms with Crippen LogP contribution in [0, 0.1) is 6.92 Å². The quantitative estimate of drug-likeness (QED) is 0.537. The van der Waals surface area contributed by atoms with Gasteiger partial charge in [0, 0.05) is 15.6 Å². The smallest absolute Gasteiger partial charge is 0.263 e. The number of carbonyl (C=O) groups is 1. The van der Waals surface area contributed by atoms with Gasteiger partial charge in [-0.15, -0.1) is 11.3 Å². The molecule has 0 fully saturated rings. The fourth-order valence-electron chi connectivity index (χ4n) is 4.31. The van der Waals surface area contributed by atoms with Crippen molar-refractivity contribution < 1.29 is 4.79 Å². The highest BCUT2D eigenvalue weighted by atomic mass is 35.5. The Labute approximate surface area is 197 Å². The van der Waals surface area contributed by atoms with E-state index in [9.17, 15) is 9.59 Å². The minimum absolute atomic E-state index is 0.0644. The summed E-state index contributed by atoms with van der Waals surface area (Å²) in [5.41, 5.74) is 2.62. The van der Waals surface area contributed by atoms with Gasteiger partial charge in [-0.1, -0.05) is 25.4 Å².